The van der Waals surface area contributed by atoms with Gasteiger partial charge in [0.25, 0.3) is 11.1 Å². The Morgan fingerprint density at radius 3 is 1.57 bits per heavy atom. The van der Waals surface area contributed by atoms with E-state index in [0.29, 0.717) is 70.1 Å². The molecule has 15 heteroatoms. The van der Waals surface area contributed by atoms with E-state index in [9.17, 15) is 14.7 Å². The van der Waals surface area contributed by atoms with Gasteiger partial charge >= 0.3 is 0 Å². The van der Waals surface area contributed by atoms with Gasteiger partial charge in [-0.2, -0.15) is 0 Å². The molecule has 246 valence electrons. The quantitative estimate of drug-likeness (QED) is 0.0503. The minimum atomic E-state index is -0.276. The van der Waals surface area contributed by atoms with Gasteiger partial charge in [-0.25, -0.2) is 20.5 Å². The largest absolute Gasteiger partial charge is 0.507 e. The number of benzene rings is 7. The number of nitrogens with zero attached hydrogens (tertiary/aromatic N) is 4. The molecule has 4 aromatic heterocycles. The summed E-state index contributed by atoms with van der Waals surface area (Å²) in [5.41, 5.74) is 2.60. The first-order valence-corrected chi connectivity index (χ1v) is 16.8. The SMILES string of the molecule is O=c1c2ccc3c4ccc5c(=O)n6c7cc(SOOO)ccc7nc6c6cc(O)c(c7ccc(c2c37)c2nc3ccc(SOOO)cc3n12)c4c56. The zero-order chi connectivity index (χ0) is 34.3. The Kier molecular flexibility index (Phi) is 5.84. The lowest BCUT2D eigenvalue weighted by Crippen LogP contribution is -2.14. The highest BCUT2D eigenvalue weighted by molar-refractivity contribution is 7.94. The summed E-state index contributed by atoms with van der Waals surface area (Å²) >= 11 is 1.57. The van der Waals surface area contributed by atoms with E-state index in [0.717, 1.165) is 61.8 Å². The van der Waals surface area contributed by atoms with Crippen LogP contribution in [0.4, 0.5) is 0 Å². The van der Waals surface area contributed by atoms with Gasteiger partial charge in [-0.3, -0.25) is 18.4 Å². The molecule has 0 aliphatic carbocycles. The van der Waals surface area contributed by atoms with Crippen LogP contribution in [0.2, 0.25) is 0 Å². The summed E-state index contributed by atoms with van der Waals surface area (Å²) in [6.45, 7) is 0. The molecule has 0 unspecified atom stereocenters. The second-order valence-electron chi connectivity index (χ2n) is 12.2. The molecule has 4 heterocycles. The van der Waals surface area contributed by atoms with E-state index in [-0.39, 0.29) is 16.9 Å². The minimum absolute atomic E-state index is 0.00780. The van der Waals surface area contributed by atoms with Crippen LogP contribution in [-0.2, 0) is 18.7 Å². The number of phenols is 1. The topological polar surface area (TPSA) is 166 Å². The zero-order valence-electron chi connectivity index (χ0n) is 25.4. The van der Waals surface area contributed by atoms with Gasteiger partial charge in [0.2, 0.25) is 0 Å². The van der Waals surface area contributed by atoms with Crippen molar-refractivity contribution in [2.75, 3.05) is 0 Å². The molecule has 51 heavy (non-hydrogen) atoms. The first-order valence-electron chi connectivity index (χ1n) is 15.3. The third kappa shape index (κ3) is 3.67. The van der Waals surface area contributed by atoms with Gasteiger partial charge in [-0.1, -0.05) is 28.3 Å². The summed E-state index contributed by atoms with van der Waals surface area (Å²) in [7, 11) is 0. The lowest BCUT2D eigenvalue weighted by atomic mass is 9.85. The van der Waals surface area contributed by atoms with Crippen molar-refractivity contribution < 1.29 is 34.4 Å². The molecule has 11 rings (SSSR count). The van der Waals surface area contributed by atoms with Crippen LogP contribution >= 0.6 is 24.1 Å². The maximum absolute atomic E-state index is 14.3. The number of aromatic nitrogens is 4. The molecule has 0 atom stereocenters. The van der Waals surface area contributed by atoms with E-state index in [1.165, 1.54) is 4.40 Å². The molecule has 0 fully saturated rings. The third-order valence-corrected chi connectivity index (χ3v) is 11.1. The molecule has 0 amide bonds. The summed E-state index contributed by atoms with van der Waals surface area (Å²) in [5, 5.41) is 44.8. The highest BCUT2D eigenvalue weighted by Gasteiger charge is 2.26. The van der Waals surface area contributed by atoms with E-state index in [2.05, 4.69) is 18.7 Å². The van der Waals surface area contributed by atoms with Crippen LogP contribution < -0.4 is 11.1 Å². The highest BCUT2D eigenvalue weighted by Crippen LogP contribution is 2.48. The van der Waals surface area contributed by atoms with Gasteiger partial charge in [0.1, 0.15) is 17.0 Å². The molecule has 0 aliphatic heterocycles. The fourth-order valence-corrected chi connectivity index (χ4v) is 8.82. The first kappa shape index (κ1) is 29.1. The maximum Gasteiger partial charge on any atom is 0.264 e. The third-order valence-electron chi connectivity index (χ3n) is 9.90. The van der Waals surface area contributed by atoms with Crippen molar-refractivity contribution in [3.8, 4) is 5.75 Å². The Hall–Kier alpha value is -5.62. The molecule has 0 bridgehead atoms. The molecule has 7 aromatic carbocycles. The number of rotatable bonds is 6. The van der Waals surface area contributed by atoms with E-state index < -0.39 is 0 Å². The van der Waals surface area contributed by atoms with Crippen molar-refractivity contribution in [1.82, 2.24) is 18.8 Å². The summed E-state index contributed by atoms with van der Waals surface area (Å²) in [4.78, 5) is 39.4. The van der Waals surface area contributed by atoms with Gasteiger partial charge in [-0.15, -0.1) is 8.67 Å². The predicted molar refractivity (Wildman–Crippen MR) is 193 cm³/mol. The van der Waals surface area contributed by atoms with Crippen molar-refractivity contribution >= 4 is 122 Å². The van der Waals surface area contributed by atoms with E-state index in [4.69, 9.17) is 20.5 Å². The van der Waals surface area contributed by atoms with Gasteiger partial charge in [-0.05, 0) is 82.2 Å². The highest BCUT2D eigenvalue weighted by atomic mass is 32.2. The van der Waals surface area contributed by atoms with E-state index >= 15 is 0 Å². The average molecular weight is 713 g/mol. The number of aromatic hydroxyl groups is 1. The van der Waals surface area contributed by atoms with Crippen LogP contribution in [0.1, 0.15) is 0 Å². The fraction of sp³-hybridized carbons (Fsp3) is 0. The Balaban J connectivity index is 1.27. The van der Waals surface area contributed by atoms with Crippen LogP contribution in [0.25, 0.3) is 98.0 Å². The normalized spacial score (nSPS) is 12.8. The van der Waals surface area contributed by atoms with Crippen molar-refractivity contribution in [3.63, 3.8) is 0 Å². The molecule has 3 N–H and O–H groups in total. The molecule has 0 aliphatic rings. The monoisotopic (exact) mass is 712 g/mol. The summed E-state index contributed by atoms with van der Waals surface area (Å²) < 4.78 is 12.3. The van der Waals surface area contributed by atoms with Crippen LogP contribution in [0.5, 0.6) is 5.75 Å². The Labute approximate surface area is 289 Å². The number of phenolic OH excluding ortho intramolecular Hbond substituents is 1. The predicted octanol–water partition coefficient (Wildman–Crippen LogP) is 7.80. The number of hydrogen-bond acceptors (Lipinski definition) is 13. The number of pyridine rings is 2. The first-order chi connectivity index (χ1) is 25.0. The molecule has 0 saturated heterocycles. The molecule has 13 nitrogen and oxygen atoms in total. The van der Waals surface area contributed by atoms with Crippen LogP contribution in [0, 0.1) is 0 Å². The Bertz CT molecular complexity index is 3420. The Morgan fingerprint density at radius 2 is 0.980 bits per heavy atom. The van der Waals surface area contributed by atoms with Crippen LogP contribution in [-0.4, -0.2) is 34.4 Å². The standard InChI is InChI=1S/C36H16N4O9S2/c41-27-13-22-30-21(36(43)40-26-12-15(51-49-47-45)2-10-24(26)38-34(22)40)8-4-17-16-3-7-20-29-19(6-5-18(28(16)29)31(27)32(17)30)33-37-23-9-1-14(50-48-46-44)11-25(23)39(33)35(20)42/h1-13,41,44-45H. The molecule has 11 aromatic rings. The summed E-state index contributed by atoms with van der Waals surface area (Å²) in [6.07, 6.45) is 0. The Morgan fingerprint density at radius 1 is 0.510 bits per heavy atom. The maximum atomic E-state index is 14.3. The van der Waals surface area contributed by atoms with Crippen molar-refractivity contribution in [3.05, 3.63) is 99.6 Å². The number of hydrogen-bond donors (Lipinski definition) is 3. The second-order valence-corrected chi connectivity index (χ2v) is 13.8. The molecule has 0 spiro atoms. The zero-order valence-corrected chi connectivity index (χ0v) is 27.0. The van der Waals surface area contributed by atoms with Gasteiger partial charge in [0.15, 0.2) is 0 Å². The smallest absolute Gasteiger partial charge is 0.264 e. The van der Waals surface area contributed by atoms with E-state index in [1.54, 1.807) is 52.9 Å². The number of imidazole rings is 2. The second kappa shape index (κ2) is 10.2. The van der Waals surface area contributed by atoms with Crippen LogP contribution in [0.15, 0.2) is 98.2 Å². The molecule has 0 radical (unpaired) electrons. The van der Waals surface area contributed by atoms with Gasteiger partial charge < -0.3 is 5.11 Å². The fourth-order valence-electron chi connectivity index (χ4n) is 8.03. The van der Waals surface area contributed by atoms with Crippen molar-refractivity contribution in [2.24, 2.45) is 0 Å². The molecular formula is C36H16N4O9S2. The minimum Gasteiger partial charge on any atom is -0.507 e. The van der Waals surface area contributed by atoms with Gasteiger partial charge in [0, 0.05) is 52.9 Å². The van der Waals surface area contributed by atoms with Gasteiger partial charge in [0.05, 0.1) is 46.2 Å². The van der Waals surface area contributed by atoms with Crippen LogP contribution in [0.3, 0.4) is 0 Å². The summed E-state index contributed by atoms with van der Waals surface area (Å²) in [6, 6.07) is 23.4. The van der Waals surface area contributed by atoms with Crippen molar-refractivity contribution in [1.29, 1.82) is 0 Å². The molecule has 0 saturated carbocycles. The van der Waals surface area contributed by atoms with E-state index in [1.807, 2.05) is 30.3 Å². The summed E-state index contributed by atoms with van der Waals surface area (Å²) in [5.74, 6) is 0.00780. The number of fused-ring (bicyclic) bond motifs is 10. The lowest BCUT2D eigenvalue weighted by molar-refractivity contribution is -0.432. The molecular weight excluding hydrogens is 697 g/mol. The van der Waals surface area contributed by atoms with Crippen molar-refractivity contribution in [2.45, 2.75) is 9.79 Å². The lowest BCUT2D eigenvalue weighted by Gasteiger charge is -2.19. The average Bonchev–Trinajstić information content (AvgIpc) is 3.73.